The third-order valence-corrected chi connectivity index (χ3v) is 10.3. The minimum Gasteiger partial charge on any atom is -0.493 e. The van der Waals surface area contributed by atoms with E-state index < -0.39 is 11.4 Å². The Hall–Kier alpha value is -3.79. The number of benzene rings is 3. The van der Waals surface area contributed by atoms with Crippen LogP contribution in [0.2, 0.25) is 10.0 Å². The molecule has 5 rings (SSSR count). The summed E-state index contributed by atoms with van der Waals surface area (Å²) in [7, 11) is 2.89. The second-order valence-electron chi connectivity index (χ2n) is 12.0. The molecular weight excluding hydrogens is 629 g/mol. The lowest BCUT2D eigenvalue weighted by Crippen LogP contribution is -2.57. The van der Waals surface area contributed by atoms with Gasteiger partial charge in [0.05, 0.1) is 29.7 Å². The summed E-state index contributed by atoms with van der Waals surface area (Å²) in [5.74, 6) is -0.530. The molecule has 2 N–H and O–H groups in total. The SMILES string of the molecule is COc1cc(C(=O)N2CCC(C(C)N3CCC(C(N)=O)(c4ccccc4)C(c4ccc(Cl)c(Cl)c4)C3)C2)cc(OC)c1OC(C)=O. The van der Waals surface area contributed by atoms with Gasteiger partial charge in [-0.2, -0.15) is 0 Å². The molecule has 244 valence electrons. The molecule has 11 heteroatoms. The molecule has 2 saturated heterocycles. The molecule has 2 fully saturated rings. The third kappa shape index (κ3) is 6.41. The van der Waals surface area contributed by atoms with Crippen LogP contribution in [0, 0.1) is 5.92 Å². The minimum absolute atomic E-state index is 0.111. The Morgan fingerprint density at radius 3 is 2.20 bits per heavy atom. The highest BCUT2D eigenvalue weighted by Crippen LogP contribution is 2.47. The molecule has 3 aromatic carbocycles. The van der Waals surface area contributed by atoms with Gasteiger partial charge in [-0.1, -0.05) is 59.6 Å². The summed E-state index contributed by atoms with van der Waals surface area (Å²) >= 11 is 12.8. The topological polar surface area (TPSA) is 111 Å². The highest BCUT2D eigenvalue weighted by Gasteiger charge is 2.51. The monoisotopic (exact) mass is 667 g/mol. The largest absolute Gasteiger partial charge is 0.493 e. The predicted molar refractivity (Wildman–Crippen MR) is 177 cm³/mol. The zero-order valence-electron chi connectivity index (χ0n) is 26.4. The number of nitrogens with zero attached hydrogens (tertiary/aromatic N) is 2. The number of hydrogen-bond acceptors (Lipinski definition) is 7. The molecule has 3 aromatic rings. The fraction of sp³-hybridized carbons (Fsp3) is 0.400. The van der Waals surface area contributed by atoms with Crippen molar-refractivity contribution in [2.24, 2.45) is 11.7 Å². The molecule has 2 heterocycles. The van der Waals surface area contributed by atoms with Crippen LogP contribution in [0.25, 0.3) is 0 Å². The van der Waals surface area contributed by atoms with Crippen LogP contribution in [0.5, 0.6) is 17.2 Å². The van der Waals surface area contributed by atoms with E-state index in [1.54, 1.807) is 18.2 Å². The lowest BCUT2D eigenvalue weighted by molar-refractivity contribution is -0.132. The lowest BCUT2D eigenvalue weighted by Gasteiger charge is -2.49. The highest BCUT2D eigenvalue weighted by molar-refractivity contribution is 6.42. The van der Waals surface area contributed by atoms with Crippen molar-refractivity contribution in [3.8, 4) is 17.2 Å². The predicted octanol–water partition coefficient (Wildman–Crippen LogP) is 5.70. The molecule has 2 aliphatic rings. The summed E-state index contributed by atoms with van der Waals surface area (Å²) in [4.78, 5) is 43.0. The van der Waals surface area contributed by atoms with Gasteiger partial charge in [-0.25, -0.2) is 0 Å². The number of piperidine rings is 1. The molecule has 0 aliphatic carbocycles. The number of rotatable bonds is 9. The summed E-state index contributed by atoms with van der Waals surface area (Å²) < 4.78 is 16.1. The van der Waals surface area contributed by atoms with Gasteiger partial charge >= 0.3 is 5.97 Å². The van der Waals surface area contributed by atoms with E-state index in [9.17, 15) is 14.4 Å². The van der Waals surface area contributed by atoms with Crippen molar-refractivity contribution in [1.29, 1.82) is 0 Å². The number of esters is 1. The van der Waals surface area contributed by atoms with Gasteiger partial charge in [-0.05, 0) is 67.6 Å². The maximum absolute atomic E-state index is 13.7. The van der Waals surface area contributed by atoms with Gasteiger partial charge in [0.15, 0.2) is 11.5 Å². The minimum atomic E-state index is -0.928. The Balaban J connectivity index is 1.38. The normalized spacial score (nSPS) is 22.3. The molecule has 0 aromatic heterocycles. The Morgan fingerprint density at radius 2 is 1.61 bits per heavy atom. The molecule has 4 atom stereocenters. The van der Waals surface area contributed by atoms with Crippen molar-refractivity contribution < 1.29 is 28.6 Å². The van der Waals surface area contributed by atoms with Crippen LogP contribution >= 0.6 is 23.2 Å². The van der Waals surface area contributed by atoms with E-state index in [1.165, 1.54) is 21.1 Å². The van der Waals surface area contributed by atoms with Crippen LogP contribution in [-0.2, 0) is 15.0 Å². The van der Waals surface area contributed by atoms with Crippen LogP contribution < -0.4 is 19.9 Å². The first kappa shape index (κ1) is 33.6. The molecular formula is C35H39Cl2N3O6. The zero-order chi connectivity index (χ0) is 33.2. The first-order chi connectivity index (χ1) is 22.0. The second kappa shape index (κ2) is 13.9. The standard InChI is InChI=1S/C35H39Cl2N3O6/c1-21(24-12-14-40(19-24)33(42)25-17-30(44-3)32(46-22(2)41)31(18-25)45-4)39-15-13-35(34(38)43,26-8-6-5-7-9-26)27(20-39)23-10-11-28(36)29(37)16-23/h5-11,16-18,21,24,27H,12-15,19-20H2,1-4H3,(H2,38,43). The van der Waals surface area contributed by atoms with Gasteiger partial charge < -0.3 is 24.8 Å². The third-order valence-electron chi connectivity index (χ3n) is 9.60. The van der Waals surface area contributed by atoms with Crippen LogP contribution in [0.15, 0.2) is 60.7 Å². The number of carbonyl (C=O) groups is 3. The van der Waals surface area contributed by atoms with Crippen LogP contribution in [0.1, 0.15) is 54.1 Å². The van der Waals surface area contributed by atoms with Crippen LogP contribution in [0.3, 0.4) is 0 Å². The molecule has 0 spiro atoms. The quantitative estimate of drug-likeness (QED) is 0.230. The van der Waals surface area contributed by atoms with Gasteiger partial charge in [0.25, 0.3) is 5.91 Å². The Bertz CT molecular complexity index is 1590. The van der Waals surface area contributed by atoms with E-state index >= 15 is 0 Å². The van der Waals surface area contributed by atoms with Gasteiger partial charge in [0.2, 0.25) is 11.7 Å². The zero-order valence-corrected chi connectivity index (χ0v) is 27.9. The van der Waals surface area contributed by atoms with E-state index in [0.717, 1.165) is 17.5 Å². The molecule has 4 unspecified atom stereocenters. The number of primary amides is 1. The summed E-state index contributed by atoms with van der Waals surface area (Å²) in [6.45, 7) is 5.85. The molecule has 2 aliphatic heterocycles. The average Bonchev–Trinajstić information content (AvgIpc) is 3.55. The van der Waals surface area contributed by atoms with Crippen LogP contribution in [0.4, 0.5) is 0 Å². The summed E-state index contributed by atoms with van der Waals surface area (Å²) in [5.41, 5.74) is 7.49. The van der Waals surface area contributed by atoms with E-state index in [4.69, 9.17) is 43.1 Å². The molecule has 9 nitrogen and oxygen atoms in total. The number of carbonyl (C=O) groups excluding carboxylic acids is 3. The van der Waals surface area contributed by atoms with E-state index in [1.807, 2.05) is 47.4 Å². The van der Waals surface area contributed by atoms with E-state index in [0.29, 0.717) is 48.2 Å². The maximum atomic E-state index is 13.7. The van der Waals surface area contributed by atoms with Crippen molar-refractivity contribution >= 4 is 41.0 Å². The number of methoxy groups -OCH3 is 2. The molecule has 0 bridgehead atoms. The fourth-order valence-electron chi connectivity index (χ4n) is 7.08. The summed E-state index contributed by atoms with van der Waals surface area (Å²) in [6.07, 6.45) is 1.35. The molecule has 46 heavy (non-hydrogen) atoms. The van der Waals surface area contributed by atoms with Gasteiger partial charge in [-0.3, -0.25) is 19.3 Å². The number of nitrogens with two attached hydrogens (primary N) is 1. The van der Waals surface area contributed by atoms with Crippen molar-refractivity contribution in [2.45, 2.75) is 44.1 Å². The van der Waals surface area contributed by atoms with Crippen molar-refractivity contribution in [1.82, 2.24) is 9.80 Å². The Morgan fingerprint density at radius 1 is 0.935 bits per heavy atom. The summed E-state index contributed by atoms with van der Waals surface area (Å²) in [5, 5.41) is 0.873. The highest BCUT2D eigenvalue weighted by atomic mass is 35.5. The number of likely N-dealkylation sites (tertiary alicyclic amines) is 2. The Labute approximate surface area is 279 Å². The van der Waals surface area contributed by atoms with E-state index in [2.05, 4.69) is 11.8 Å². The maximum Gasteiger partial charge on any atom is 0.308 e. The first-order valence-corrected chi connectivity index (χ1v) is 16.0. The number of hydrogen-bond donors (Lipinski definition) is 1. The average molecular weight is 669 g/mol. The molecule has 2 amide bonds. The first-order valence-electron chi connectivity index (χ1n) is 15.3. The van der Waals surface area contributed by atoms with Crippen molar-refractivity contribution in [3.63, 3.8) is 0 Å². The molecule has 0 saturated carbocycles. The van der Waals surface area contributed by atoms with Crippen LogP contribution in [-0.4, -0.2) is 74.0 Å². The second-order valence-corrected chi connectivity index (χ2v) is 12.8. The number of amides is 2. The smallest absolute Gasteiger partial charge is 0.308 e. The summed E-state index contributed by atoms with van der Waals surface area (Å²) in [6, 6.07) is 18.5. The van der Waals surface area contributed by atoms with E-state index in [-0.39, 0.29) is 46.9 Å². The van der Waals surface area contributed by atoms with Crippen molar-refractivity contribution in [2.75, 3.05) is 40.4 Å². The fourth-order valence-corrected chi connectivity index (χ4v) is 7.38. The van der Waals surface area contributed by atoms with Crippen molar-refractivity contribution in [3.05, 3.63) is 87.4 Å². The van der Waals surface area contributed by atoms with Gasteiger partial charge in [0, 0.05) is 44.1 Å². The lowest BCUT2D eigenvalue weighted by atomic mass is 9.62. The van der Waals surface area contributed by atoms with Gasteiger partial charge in [0.1, 0.15) is 0 Å². The number of ether oxygens (including phenoxy) is 3. The van der Waals surface area contributed by atoms with Gasteiger partial charge in [-0.15, -0.1) is 0 Å². The number of halogens is 2. The molecule has 0 radical (unpaired) electrons. The Kier molecular flexibility index (Phi) is 10.2.